The molecule has 0 saturated heterocycles. The van der Waals surface area contributed by atoms with Crippen molar-refractivity contribution >= 4 is 35.7 Å². The van der Waals surface area contributed by atoms with Gasteiger partial charge in [0.25, 0.3) is 0 Å². The van der Waals surface area contributed by atoms with E-state index in [1.165, 1.54) is 46.6 Å². The standard InChI is InChI=1S/C24H30S2/c1-4-7-24(18-25-16-22-12-8-20(5-2)9-13-22)19-26-17-23-14-10-21(6-3)11-15-23/h5-6,8-15,24H,2-4,7,16-19H2,1H3. The molecule has 0 nitrogen and oxygen atoms in total. The lowest BCUT2D eigenvalue weighted by molar-refractivity contribution is 0.594. The van der Waals surface area contributed by atoms with E-state index >= 15 is 0 Å². The van der Waals surface area contributed by atoms with Crippen molar-refractivity contribution < 1.29 is 0 Å². The normalized spacial score (nSPS) is 10.8. The van der Waals surface area contributed by atoms with Crippen molar-refractivity contribution in [2.24, 2.45) is 5.92 Å². The van der Waals surface area contributed by atoms with E-state index in [0.29, 0.717) is 0 Å². The van der Waals surface area contributed by atoms with Crippen LogP contribution < -0.4 is 0 Å². The van der Waals surface area contributed by atoms with E-state index in [0.717, 1.165) is 17.4 Å². The summed E-state index contributed by atoms with van der Waals surface area (Å²) in [7, 11) is 0. The summed E-state index contributed by atoms with van der Waals surface area (Å²) < 4.78 is 0. The third kappa shape index (κ3) is 7.47. The summed E-state index contributed by atoms with van der Waals surface area (Å²) in [4.78, 5) is 0. The van der Waals surface area contributed by atoms with Crippen LogP contribution in [0, 0.1) is 5.92 Å². The van der Waals surface area contributed by atoms with Crippen molar-refractivity contribution in [1.82, 2.24) is 0 Å². The average molecular weight is 383 g/mol. The van der Waals surface area contributed by atoms with Gasteiger partial charge < -0.3 is 0 Å². The summed E-state index contributed by atoms with van der Waals surface area (Å²) in [5, 5.41) is 0. The molecular weight excluding hydrogens is 352 g/mol. The predicted octanol–water partition coefficient (Wildman–Crippen LogP) is 7.56. The fourth-order valence-electron chi connectivity index (χ4n) is 2.81. The molecule has 0 aromatic heterocycles. The van der Waals surface area contributed by atoms with E-state index in [9.17, 15) is 0 Å². The molecule has 0 amide bonds. The first kappa shape index (κ1) is 20.9. The smallest absolute Gasteiger partial charge is 0.0184 e. The van der Waals surface area contributed by atoms with E-state index in [1.807, 2.05) is 12.2 Å². The van der Waals surface area contributed by atoms with E-state index in [1.54, 1.807) is 0 Å². The first-order valence-corrected chi connectivity index (χ1v) is 11.6. The van der Waals surface area contributed by atoms with Crippen LogP contribution in [0.3, 0.4) is 0 Å². The van der Waals surface area contributed by atoms with Crippen LogP contribution in [0.15, 0.2) is 61.7 Å². The number of rotatable bonds is 12. The van der Waals surface area contributed by atoms with Crippen LogP contribution >= 0.6 is 23.5 Å². The van der Waals surface area contributed by atoms with Gasteiger partial charge in [-0.05, 0) is 46.1 Å². The molecular formula is C24H30S2. The van der Waals surface area contributed by atoms with Gasteiger partial charge in [0.15, 0.2) is 0 Å². The third-order valence-electron chi connectivity index (χ3n) is 4.37. The Hall–Kier alpha value is -1.38. The molecule has 0 aliphatic rings. The highest BCUT2D eigenvalue weighted by molar-refractivity contribution is 7.99. The zero-order chi connectivity index (χ0) is 18.6. The molecule has 2 aromatic carbocycles. The van der Waals surface area contributed by atoms with Gasteiger partial charge in [-0.2, -0.15) is 23.5 Å². The number of hydrogen-bond donors (Lipinski definition) is 0. The molecule has 0 N–H and O–H groups in total. The number of thioether (sulfide) groups is 2. The second kappa shape index (κ2) is 12.1. The Bertz CT molecular complexity index is 598. The summed E-state index contributed by atoms with van der Waals surface area (Å²) >= 11 is 4.14. The minimum atomic E-state index is 0.801. The first-order valence-electron chi connectivity index (χ1n) is 9.33. The Balaban J connectivity index is 1.72. The Morgan fingerprint density at radius 3 is 1.54 bits per heavy atom. The van der Waals surface area contributed by atoms with Gasteiger partial charge in [0.1, 0.15) is 0 Å². The molecule has 0 saturated carbocycles. The molecule has 0 unspecified atom stereocenters. The molecule has 0 radical (unpaired) electrons. The molecule has 0 aliphatic carbocycles. The Kier molecular flexibility index (Phi) is 9.73. The summed E-state index contributed by atoms with van der Waals surface area (Å²) in [6.07, 6.45) is 6.39. The summed E-state index contributed by atoms with van der Waals surface area (Å²) in [6, 6.07) is 17.5. The van der Waals surface area contributed by atoms with Crippen LogP contribution in [0.5, 0.6) is 0 Å². The lowest BCUT2D eigenvalue weighted by Crippen LogP contribution is -2.07. The fraction of sp³-hybridized carbons (Fsp3) is 0.333. The molecule has 2 heteroatoms. The van der Waals surface area contributed by atoms with Crippen molar-refractivity contribution in [1.29, 1.82) is 0 Å². The summed E-state index contributed by atoms with van der Waals surface area (Å²) in [6.45, 7) is 9.92. The molecule has 0 heterocycles. The van der Waals surface area contributed by atoms with Crippen LogP contribution in [0.2, 0.25) is 0 Å². The molecule has 2 rings (SSSR count). The van der Waals surface area contributed by atoms with Gasteiger partial charge in [0, 0.05) is 11.5 Å². The van der Waals surface area contributed by atoms with Gasteiger partial charge in [0.05, 0.1) is 0 Å². The minimum Gasteiger partial charge on any atom is -0.157 e. The van der Waals surface area contributed by atoms with Gasteiger partial charge in [-0.25, -0.2) is 0 Å². The van der Waals surface area contributed by atoms with Gasteiger partial charge >= 0.3 is 0 Å². The maximum atomic E-state index is 3.81. The molecule has 0 spiro atoms. The third-order valence-corrected chi connectivity index (χ3v) is 6.86. The highest BCUT2D eigenvalue weighted by Crippen LogP contribution is 2.24. The number of hydrogen-bond acceptors (Lipinski definition) is 2. The molecule has 0 aliphatic heterocycles. The largest absolute Gasteiger partial charge is 0.157 e. The van der Waals surface area contributed by atoms with E-state index in [2.05, 4.69) is 92.1 Å². The summed E-state index contributed by atoms with van der Waals surface area (Å²) in [5.41, 5.74) is 5.21. The SMILES string of the molecule is C=Cc1ccc(CSCC(CCC)CSCc2ccc(C=C)cc2)cc1. The fourth-order valence-corrected chi connectivity index (χ4v) is 5.29. The van der Waals surface area contributed by atoms with Gasteiger partial charge in [-0.1, -0.05) is 87.2 Å². The lowest BCUT2D eigenvalue weighted by atomic mass is 10.1. The van der Waals surface area contributed by atoms with Crippen LogP contribution in [-0.4, -0.2) is 11.5 Å². The maximum Gasteiger partial charge on any atom is 0.0184 e. The van der Waals surface area contributed by atoms with E-state index in [-0.39, 0.29) is 0 Å². The Morgan fingerprint density at radius 2 is 1.19 bits per heavy atom. The Labute approximate surface area is 168 Å². The summed E-state index contributed by atoms with van der Waals surface area (Å²) in [5.74, 6) is 5.50. The predicted molar refractivity (Wildman–Crippen MR) is 124 cm³/mol. The van der Waals surface area contributed by atoms with Crippen molar-refractivity contribution in [2.45, 2.75) is 31.3 Å². The lowest BCUT2D eigenvalue weighted by Gasteiger charge is -2.15. The van der Waals surface area contributed by atoms with Crippen molar-refractivity contribution in [3.8, 4) is 0 Å². The Morgan fingerprint density at radius 1 is 0.769 bits per heavy atom. The minimum absolute atomic E-state index is 0.801. The van der Waals surface area contributed by atoms with Crippen molar-refractivity contribution in [3.05, 3.63) is 83.9 Å². The van der Waals surface area contributed by atoms with E-state index in [4.69, 9.17) is 0 Å². The first-order chi connectivity index (χ1) is 12.7. The average Bonchev–Trinajstić information content (AvgIpc) is 2.69. The quantitative estimate of drug-likeness (QED) is 0.371. The second-order valence-electron chi connectivity index (χ2n) is 6.58. The monoisotopic (exact) mass is 382 g/mol. The molecule has 0 atom stereocenters. The molecule has 138 valence electrons. The van der Waals surface area contributed by atoms with Gasteiger partial charge in [0.2, 0.25) is 0 Å². The van der Waals surface area contributed by atoms with Crippen LogP contribution in [0.1, 0.15) is 42.0 Å². The maximum absolute atomic E-state index is 3.81. The highest BCUT2D eigenvalue weighted by atomic mass is 32.2. The molecule has 26 heavy (non-hydrogen) atoms. The van der Waals surface area contributed by atoms with Crippen molar-refractivity contribution in [3.63, 3.8) is 0 Å². The van der Waals surface area contributed by atoms with Gasteiger partial charge in [-0.15, -0.1) is 0 Å². The topological polar surface area (TPSA) is 0 Å². The molecule has 0 fully saturated rings. The molecule has 0 bridgehead atoms. The van der Waals surface area contributed by atoms with Crippen molar-refractivity contribution in [2.75, 3.05) is 11.5 Å². The van der Waals surface area contributed by atoms with Crippen LogP contribution in [0.4, 0.5) is 0 Å². The number of benzene rings is 2. The van der Waals surface area contributed by atoms with E-state index < -0.39 is 0 Å². The van der Waals surface area contributed by atoms with Crippen LogP contribution in [0.25, 0.3) is 12.2 Å². The van der Waals surface area contributed by atoms with Gasteiger partial charge in [-0.3, -0.25) is 0 Å². The second-order valence-corrected chi connectivity index (χ2v) is 8.64. The van der Waals surface area contributed by atoms with Crippen LogP contribution in [-0.2, 0) is 11.5 Å². The highest BCUT2D eigenvalue weighted by Gasteiger charge is 2.09. The zero-order valence-corrected chi connectivity index (χ0v) is 17.5. The molecule has 2 aromatic rings. The zero-order valence-electron chi connectivity index (χ0n) is 15.8.